The molecule has 3 N–H and O–H groups in total. The molecule has 1 unspecified atom stereocenters. The van der Waals surface area contributed by atoms with Gasteiger partial charge in [-0.1, -0.05) is 42.8 Å². The molecule has 0 radical (unpaired) electrons. The zero-order valence-corrected chi connectivity index (χ0v) is 19.8. The third-order valence-electron chi connectivity index (χ3n) is 5.50. The summed E-state index contributed by atoms with van der Waals surface area (Å²) in [5.74, 6) is -0.740. The van der Waals surface area contributed by atoms with Crippen LogP contribution in [0.3, 0.4) is 0 Å². The molecule has 1 amide bonds. The van der Waals surface area contributed by atoms with E-state index in [4.69, 9.17) is 11.6 Å². The number of carbonyl (C=O) groups excluding carboxylic acids is 1. The summed E-state index contributed by atoms with van der Waals surface area (Å²) >= 11 is 5.95. The van der Waals surface area contributed by atoms with Gasteiger partial charge in [0.15, 0.2) is 5.88 Å². The molecule has 1 atom stereocenters. The molecule has 4 rings (SSSR count). The second kappa shape index (κ2) is 8.75. The van der Waals surface area contributed by atoms with E-state index in [0.717, 1.165) is 0 Å². The number of rotatable bonds is 7. The van der Waals surface area contributed by atoms with Crippen LogP contribution in [-0.4, -0.2) is 55.3 Å². The molecule has 33 heavy (non-hydrogen) atoms. The fourth-order valence-corrected chi connectivity index (χ4v) is 5.34. The third kappa shape index (κ3) is 4.32. The van der Waals surface area contributed by atoms with Crippen LogP contribution < -0.4 is 4.72 Å². The number of nitrogens with zero attached hydrogens (tertiary/aromatic N) is 2. The molecule has 10 heteroatoms. The standard InChI is InChI=1S/C23H23ClN4O4S/c1-4-17(28(2)3)27-33(31,32)16-7-5-6-14(12-16)21-19-18(22(29)26-21)20(25-23(19)30)13-8-10-15(24)11-9-13/h5-12,17,26-27,29H,4H2,1-3H3. The van der Waals surface area contributed by atoms with Gasteiger partial charge in [0, 0.05) is 16.1 Å². The Morgan fingerprint density at radius 3 is 2.45 bits per heavy atom. The average molecular weight is 487 g/mol. The second-order valence-corrected chi connectivity index (χ2v) is 10.1. The summed E-state index contributed by atoms with van der Waals surface area (Å²) in [5, 5.41) is 11.1. The second-order valence-electron chi connectivity index (χ2n) is 7.91. The van der Waals surface area contributed by atoms with Crippen LogP contribution in [0.4, 0.5) is 0 Å². The molecule has 0 aliphatic carbocycles. The molecule has 2 heterocycles. The Kier molecular flexibility index (Phi) is 6.15. The quantitative estimate of drug-likeness (QED) is 0.441. The fraction of sp³-hybridized carbons (Fsp3) is 0.217. The molecule has 1 aliphatic heterocycles. The molecule has 2 aromatic carbocycles. The Labute approximate surface area is 197 Å². The topological polar surface area (TPSA) is 115 Å². The monoisotopic (exact) mass is 486 g/mol. The molecule has 0 saturated carbocycles. The zero-order valence-electron chi connectivity index (χ0n) is 18.3. The van der Waals surface area contributed by atoms with Gasteiger partial charge in [0.05, 0.1) is 33.6 Å². The largest absolute Gasteiger partial charge is 0.494 e. The van der Waals surface area contributed by atoms with E-state index in [0.29, 0.717) is 34.0 Å². The molecule has 1 aliphatic rings. The number of hydrogen-bond donors (Lipinski definition) is 3. The average Bonchev–Trinajstić information content (AvgIpc) is 3.31. The van der Waals surface area contributed by atoms with Crippen LogP contribution in [0.25, 0.3) is 11.3 Å². The predicted octanol–water partition coefficient (Wildman–Crippen LogP) is 3.61. The van der Waals surface area contributed by atoms with Gasteiger partial charge in [-0.05, 0) is 44.8 Å². The minimum atomic E-state index is -3.82. The summed E-state index contributed by atoms with van der Waals surface area (Å²) in [6.45, 7) is 1.89. The highest BCUT2D eigenvalue weighted by Gasteiger charge is 2.33. The summed E-state index contributed by atoms with van der Waals surface area (Å²) in [4.78, 5) is 21.6. The van der Waals surface area contributed by atoms with E-state index >= 15 is 0 Å². The first-order valence-corrected chi connectivity index (χ1v) is 12.1. The molecule has 1 aromatic heterocycles. The number of benzene rings is 2. The van der Waals surface area contributed by atoms with Gasteiger partial charge in [-0.15, -0.1) is 0 Å². The highest BCUT2D eigenvalue weighted by Crippen LogP contribution is 2.38. The third-order valence-corrected chi connectivity index (χ3v) is 7.21. The normalized spacial score (nSPS) is 14.5. The number of fused-ring (bicyclic) bond motifs is 1. The van der Waals surface area contributed by atoms with Crippen LogP contribution >= 0.6 is 11.6 Å². The zero-order chi connectivity index (χ0) is 23.9. The van der Waals surface area contributed by atoms with Crippen molar-refractivity contribution in [3.63, 3.8) is 0 Å². The maximum atomic E-state index is 13.0. The molecule has 8 nitrogen and oxygen atoms in total. The van der Waals surface area contributed by atoms with Gasteiger partial charge in [-0.25, -0.2) is 13.4 Å². The summed E-state index contributed by atoms with van der Waals surface area (Å²) in [6, 6.07) is 13.0. The van der Waals surface area contributed by atoms with Gasteiger partial charge in [0.25, 0.3) is 5.91 Å². The number of sulfonamides is 1. The van der Waals surface area contributed by atoms with E-state index in [1.54, 1.807) is 55.4 Å². The minimum absolute atomic E-state index is 0.0485. The van der Waals surface area contributed by atoms with Crippen LogP contribution in [0.1, 0.15) is 34.8 Å². The first-order valence-electron chi connectivity index (χ1n) is 10.3. The van der Waals surface area contributed by atoms with Crippen molar-refractivity contribution >= 4 is 33.2 Å². The maximum Gasteiger partial charge on any atom is 0.280 e. The number of halogens is 1. The van der Waals surface area contributed by atoms with Crippen molar-refractivity contribution in [3.8, 4) is 17.1 Å². The first-order chi connectivity index (χ1) is 15.6. The van der Waals surface area contributed by atoms with Gasteiger partial charge in [0.1, 0.15) is 0 Å². The molecule has 172 valence electrons. The fourth-order valence-electron chi connectivity index (χ4n) is 3.80. The number of carbonyl (C=O) groups is 1. The highest BCUT2D eigenvalue weighted by atomic mass is 35.5. The van der Waals surface area contributed by atoms with E-state index in [-0.39, 0.29) is 28.1 Å². The van der Waals surface area contributed by atoms with Crippen LogP contribution in [0.15, 0.2) is 58.4 Å². The van der Waals surface area contributed by atoms with Crippen molar-refractivity contribution < 1.29 is 18.3 Å². The molecule has 0 saturated heterocycles. The van der Waals surface area contributed by atoms with Gasteiger partial charge in [0.2, 0.25) is 10.0 Å². The molecule has 0 spiro atoms. The van der Waals surface area contributed by atoms with Crippen molar-refractivity contribution in [1.82, 2.24) is 14.6 Å². The summed E-state index contributed by atoms with van der Waals surface area (Å²) in [6.07, 6.45) is 0.220. The summed E-state index contributed by atoms with van der Waals surface area (Å²) in [5.41, 5.74) is 2.17. The first kappa shape index (κ1) is 23.2. The van der Waals surface area contributed by atoms with Crippen LogP contribution in [0.2, 0.25) is 5.02 Å². The van der Waals surface area contributed by atoms with E-state index in [9.17, 15) is 18.3 Å². The lowest BCUT2D eigenvalue weighted by molar-refractivity contribution is 0.101. The van der Waals surface area contributed by atoms with Crippen molar-refractivity contribution in [3.05, 3.63) is 70.2 Å². The molecular formula is C23H23ClN4O4S. The van der Waals surface area contributed by atoms with Crippen molar-refractivity contribution in [2.45, 2.75) is 24.4 Å². The predicted molar refractivity (Wildman–Crippen MR) is 127 cm³/mol. The van der Waals surface area contributed by atoms with Crippen LogP contribution in [0, 0.1) is 0 Å². The van der Waals surface area contributed by atoms with E-state index in [1.165, 1.54) is 12.1 Å². The number of aromatic nitrogens is 1. The Morgan fingerprint density at radius 1 is 1.12 bits per heavy atom. The lowest BCUT2D eigenvalue weighted by Gasteiger charge is -2.23. The minimum Gasteiger partial charge on any atom is -0.494 e. The number of aromatic hydroxyl groups is 1. The van der Waals surface area contributed by atoms with Gasteiger partial charge in [-0.2, -0.15) is 4.72 Å². The SMILES string of the molecule is CCC(NS(=O)(=O)c1cccc(-c2[nH]c(O)c3c2C(=O)N=C3c2ccc(Cl)cc2)c1)N(C)C. The van der Waals surface area contributed by atoms with Crippen LogP contribution in [0.5, 0.6) is 5.88 Å². The molecule has 0 bridgehead atoms. The van der Waals surface area contributed by atoms with E-state index in [2.05, 4.69) is 14.7 Å². The Balaban J connectivity index is 1.75. The van der Waals surface area contributed by atoms with Gasteiger partial charge in [-0.3, -0.25) is 9.69 Å². The van der Waals surface area contributed by atoms with Crippen molar-refractivity contribution in [1.29, 1.82) is 0 Å². The number of H-pyrrole nitrogens is 1. The van der Waals surface area contributed by atoms with Crippen LogP contribution in [-0.2, 0) is 10.0 Å². The number of aliphatic imine (C=N–C) groups is 1. The smallest absolute Gasteiger partial charge is 0.280 e. The van der Waals surface area contributed by atoms with E-state index in [1.807, 2.05) is 6.92 Å². The maximum absolute atomic E-state index is 13.0. The summed E-state index contributed by atoms with van der Waals surface area (Å²) in [7, 11) is -0.233. The number of amides is 1. The number of nitrogens with one attached hydrogen (secondary N) is 2. The van der Waals surface area contributed by atoms with Gasteiger partial charge < -0.3 is 10.1 Å². The number of aromatic amines is 1. The summed E-state index contributed by atoms with van der Waals surface area (Å²) < 4.78 is 28.6. The van der Waals surface area contributed by atoms with Crippen molar-refractivity contribution in [2.24, 2.45) is 4.99 Å². The highest BCUT2D eigenvalue weighted by molar-refractivity contribution is 7.89. The Bertz CT molecular complexity index is 1360. The Hall–Kier alpha value is -2.98. The Morgan fingerprint density at radius 2 is 1.82 bits per heavy atom. The molecule has 3 aromatic rings. The van der Waals surface area contributed by atoms with E-state index < -0.39 is 15.9 Å². The molecule has 0 fully saturated rings. The lowest BCUT2D eigenvalue weighted by Crippen LogP contribution is -2.44. The van der Waals surface area contributed by atoms with Crippen molar-refractivity contribution in [2.75, 3.05) is 14.1 Å². The van der Waals surface area contributed by atoms with Gasteiger partial charge >= 0.3 is 0 Å². The molecular weight excluding hydrogens is 464 g/mol. The number of hydrogen-bond acceptors (Lipinski definition) is 5. The lowest BCUT2D eigenvalue weighted by atomic mass is 10.0.